The number of anilines is 1. The van der Waals surface area contributed by atoms with Gasteiger partial charge in [0.25, 0.3) is 0 Å². The van der Waals surface area contributed by atoms with E-state index in [0.29, 0.717) is 12.5 Å². The number of nitrogens with zero attached hydrogens (tertiary/aromatic N) is 1. The molecule has 2 nitrogen and oxygen atoms in total. The van der Waals surface area contributed by atoms with Crippen LogP contribution in [0.1, 0.15) is 25.3 Å². The Bertz CT molecular complexity index is 359. The quantitative estimate of drug-likeness (QED) is 0.664. The van der Waals surface area contributed by atoms with Gasteiger partial charge >= 0.3 is 0 Å². The van der Waals surface area contributed by atoms with E-state index in [1.807, 2.05) is 36.1 Å². The van der Waals surface area contributed by atoms with E-state index < -0.39 is 0 Å². The molecule has 0 radical (unpaired) electrons. The van der Waals surface area contributed by atoms with Crippen LogP contribution in [0.3, 0.4) is 0 Å². The molecule has 1 heterocycles. The molecule has 0 aliphatic carbocycles. The van der Waals surface area contributed by atoms with Crippen molar-refractivity contribution >= 4 is 11.6 Å². The lowest BCUT2D eigenvalue weighted by Crippen LogP contribution is -2.31. The van der Waals surface area contributed by atoms with Crippen molar-refractivity contribution in [2.75, 3.05) is 4.90 Å². The van der Waals surface area contributed by atoms with Crippen LogP contribution in [0.15, 0.2) is 24.3 Å². The number of carbonyl (C=O) groups excluding carboxylic acids is 1. The van der Waals surface area contributed by atoms with Crippen LogP contribution in [-0.4, -0.2) is 11.9 Å². The molecule has 0 N–H and O–H groups in total. The molecule has 74 valence electrons. The van der Waals surface area contributed by atoms with Gasteiger partial charge in [-0.2, -0.15) is 0 Å². The molecule has 1 aliphatic heterocycles. The third kappa shape index (κ3) is 1.41. The van der Waals surface area contributed by atoms with Crippen molar-refractivity contribution in [1.29, 1.82) is 0 Å². The molecule has 2 rings (SSSR count). The topological polar surface area (TPSA) is 20.3 Å². The highest BCUT2D eigenvalue weighted by Crippen LogP contribution is 2.28. The largest absolute Gasteiger partial charge is 0.309 e. The second-order valence-electron chi connectivity index (χ2n) is 3.94. The zero-order chi connectivity index (χ0) is 10.1. The first kappa shape index (κ1) is 9.25. The highest BCUT2D eigenvalue weighted by atomic mass is 16.2. The summed E-state index contributed by atoms with van der Waals surface area (Å²) >= 11 is 0. The van der Waals surface area contributed by atoms with E-state index >= 15 is 0 Å². The van der Waals surface area contributed by atoms with Gasteiger partial charge in [0.15, 0.2) is 0 Å². The van der Waals surface area contributed by atoms with E-state index in [4.69, 9.17) is 0 Å². The van der Waals surface area contributed by atoms with Gasteiger partial charge in [0, 0.05) is 18.2 Å². The average molecular weight is 189 g/mol. The Morgan fingerprint density at radius 2 is 2.07 bits per heavy atom. The third-order valence-corrected chi connectivity index (χ3v) is 2.86. The summed E-state index contributed by atoms with van der Waals surface area (Å²) in [7, 11) is 0. The lowest BCUT2D eigenvalue weighted by molar-refractivity contribution is -0.117. The lowest BCUT2D eigenvalue weighted by atomic mass is 10.1. The summed E-state index contributed by atoms with van der Waals surface area (Å²) in [6.45, 7) is 4.16. The number of hydrogen-bond donors (Lipinski definition) is 0. The summed E-state index contributed by atoms with van der Waals surface area (Å²) in [5.74, 6) is 0.256. The van der Waals surface area contributed by atoms with E-state index in [0.717, 1.165) is 12.1 Å². The molecule has 2 heteroatoms. The van der Waals surface area contributed by atoms with Gasteiger partial charge in [0.1, 0.15) is 0 Å². The number of amides is 1. The fourth-order valence-corrected chi connectivity index (χ4v) is 2.03. The van der Waals surface area contributed by atoms with Crippen LogP contribution in [0.25, 0.3) is 0 Å². The van der Waals surface area contributed by atoms with Gasteiger partial charge in [-0.3, -0.25) is 4.79 Å². The molecule has 0 saturated carbocycles. The van der Waals surface area contributed by atoms with Gasteiger partial charge in [-0.1, -0.05) is 18.2 Å². The smallest absolute Gasteiger partial charge is 0.227 e. The van der Waals surface area contributed by atoms with Crippen LogP contribution in [0.5, 0.6) is 0 Å². The first-order valence-electron chi connectivity index (χ1n) is 5.08. The van der Waals surface area contributed by atoms with Crippen LogP contribution in [0, 0.1) is 6.92 Å². The summed E-state index contributed by atoms with van der Waals surface area (Å²) in [6, 6.07) is 8.41. The van der Waals surface area contributed by atoms with Crippen LogP contribution >= 0.6 is 0 Å². The highest BCUT2D eigenvalue weighted by Gasteiger charge is 2.29. The average Bonchev–Trinajstić information content (AvgIpc) is 2.48. The zero-order valence-corrected chi connectivity index (χ0v) is 8.66. The molecule has 1 fully saturated rings. The molecule has 1 unspecified atom stereocenters. The summed E-state index contributed by atoms with van der Waals surface area (Å²) in [5, 5.41) is 0. The molecule has 1 amide bonds. The van der Waals surface area contributed by atoms with Crippen LogP contribution in [0.4, 0.5) is 5.69 Å². The van der Waals surface area contributed by atoms with Gasteiger partial charge < -0.3 is 4.90 Å². The van der Waals surface area contributed by atoms with Crippen molar-refractivity contribution in [3.05, 3.63) is 29.8 Å². The molecule has 1 atom stereocenters. The monoisotopic (exact) mass is 189 g/mol. The molecule has 1 aromatic rings. The predicted octanol–water partition coefficient (Wildman–Crippen LogP) is 2.51. The number of rotatable bonds is 1. The molecule has 14 heavy (non-hydrogen) atoms. The number of carbonyl (C=O) groups is 1. The van der Waals surface area contributed by atoms with Crippen LogP contribution < -0.4 is 4.90 Å². The van der Waals surface area contributed by atoms with Crippen LogP contribution in [-0.2, 0) is 4.79 Å². The van der Waals surface area contributed by atoms with Crippen molar-refractivity contribution in [2.45, 2.75) is 32.7 Å². The first-order chi connectivity index (χ1) is 6.70. The van der Waals surface area contributed by atoms with Crippen LogP contribution in [0.2, 0.25) is 0 Å². The molecule has 1 aliphatic rings. The molecule has 0 spiro atoms. The maximum Gasteiger partial charge on any atom is 0.227 e. The SMILES string of the molecule is Cc1ccccc1N1C(=O)CCC1C. The number of para-hydroxylation sites is 1. The Balaban J connectivity index is 2.39. The minimum absolute atomic E-state index is 0.256. The lowest BCUT2D eigenvalue weighted by Gasteiger charge is -2.23. The summed E-state index contributed by atoms with van der Waals surface area (Å²) < 4.78 is 0. The van der Waals surface area contributed by atoms with E-state index in [1.165, 1.54) is 5.56 Å². The van der Waals surface area contributed by atoms with Crippen molar-refractivity contribution in [1.82, 2.24) is 0 Å². The van der Waals surface area contributed by atoms with E-state index in [1.54, 1.807) is 0 Å². The van der Waals surface area contributed by atoms with E-state index in [9.17, 15) is 4.79 Å². The second-order valence-corrected chi connectivity index (χ2v) is 3.94. The normalized spacial score (nSPS) is 21.7. The highest BCUT2D eigenvalue weighted by molar-refractivity contribution is 5.96. The van der Waals surface area contributed by atoms with E-state index in [2.05, 4.69) is 6.92 Å². The minimum atomic E-state index is 0.256. The zero-order valence-electron chi connectivity index (χ0n) is 8.66. The molecular formula is C12H15NO. The van der Waals surface area contributed by atoms with Gasteiger partial charge in [0.2, 0.25) is 5.91 Å². The van der Waals surface area contributed by atoms with Crippen molar-refractivity contribution in [2.24, 2.45) is 0 Å². The first-order valence-corrected chi connectivity index (χ1v) is 5.08. The molecular weight excluding hydrogens is 174 g/mol. The third-order valence-electron chi connectivity index (χ3n) is 2.86. The minimum Gasteiger partial charge on any atom is -0.309 e. The Labute approximate surface area is 84.5 Å². The van der Waals surface area contributed by atoms with Crippen molar-refractivity contribution in [3.8, 4) is 0 Å². The van der Waals surface area contributed by atoms with Crippen molar-refractivity contribution in [3.63, 3.8) is 0 Å². The predicted molar refractivity (Wildman–Crippen MR) is 57.4 cm³/mol. The molecule has 1 aromatic carbocycles. The molecule has 0 bridgehead atoms. The van der Waals surface area contributed by atoms with Gasteiger partial charge in [0.05, 0.1) is 0 Å². The van der Waals surface area contributed by atoms with Gasteiger partial charge in [-0.25, -0.2) is 0 Å². The standard InChI is InChI=1S/C12H15NO/c1-9-5-3-4-6-11(9)13-10(2)7-8-12(13)14/h3-6,10H,7-8H2,1-2H3. The number of aryl methyl sites for hydroxylation is 1. The fraction of sp³-hybridized carbons (Fsp3) is 0.417. The van der Waals surface area contributed by atoms with Crippen molar-refractivity contribution < 1.29 is 4.79 Å². The van der Waals surface area contributed by atoms with Gasteiger partial charge in [-0.15, -0.1) is 0 Å². The maximum atomic E-state index is 11.7. The fourth-order valence-electron chi connectivity index (χ4n) is 2.03. The summed E-state index contributed by atoms with van der Waals surface area (Å²) in [5.41, 5.74) is 2.25. The Kier molecular flexibility index (Phi) is 2.28. The summed E-state index contributed by atoms with van der Waals surface area (Å²) in [4.78, 5) is 13.6. The number of benzene rings is 1. The maximum absolute atomic E-state index is 11.7. The number of hydrogen-bond acceptors (Lipinski definition) is 1. The molecule has 1 saturated heterocycles. The van der Waals surface area contributed by atoms with E-state index in [-0.39, 0.29) is 5.91 Å². The van der Waals surface area contributed by atoms with Gasteiger partial charge in [-0.05, 0) is 31.9 Å². The second kappa shape index (κ2) is 3.45. The summed E-state index contributed by atoms with van der Waals surface area (Å²) in [6.07, 6.45) is 1.67. The molecule has 0 aromatic heterocycles. The Hall–Kier alpha value is -1.31. The Morgan fingerprint density at radius 3 is 2.64 bits per heavy atom. The Morgan fingerprint density at radius 1 is 1.36 bits per heavy atom.